The molecule has 0 radical (unpaired) electrons. The largest absolute Gasteiger partial charge is 0.421 e. The summed E-state index contributed by atoms with van der Waals surface area (Å²) in [5.41, 5.74) is 0. The van der Waals surface area contributed by atoms with Gasteiger partial charge in [0.05, 0.1) is 13.2 Å². The molecule has 0 atom stereocenters. The van der Waals surface area contributed by atoms with Gasteiger partial charge in [-0.15, -0.1) is 0 Å². The second-order valence-corrected chi connectivity index (χ2v) is 30.7. The normalized spacial score (nSPS) is 12.0. The van der Waals surface area contributed by atoms with Crippen molar-refractivity contribution in [3.8, 4) is 0 Å². The molecule has 0 aromatic rings. The van der Waals surface area contributed by atoms with Crippen LogP contribution in [0.15, 0.2) is 0 Å². The molecule has 29 heavy (non-hydrogen) atoms. The minimum atomic E-state index is -1.38. The van der Waals surface area contributed by atoms with E-state index in [4.69, 9.17) is 23.1 Å². The Kier molecular flexibility index (Phi) is 24.7. The first-order valence-corrected chi connectivity index (χ1v) is 24.5. The first kappa shape index (κ1) is 37.0. The fourth-order valence-electron chi connectivity index (χ4n) is 0.869. The molecule has 1 N–H and O–H groups in total. The predicted octanol–water partition coefficient (Wildman–Crippen LogP) is 6.13. The van der Waals surface area contributed by atoms with Gasteiger partial charge in [-0.3, -0.25) is 0 Å². The van der Waals surface area contributed by atoms with Gasteiger partial charge in [0.15, 0.2) is 25.0 Å². The Bertz CT molecular complexity index is 315. The fourth-order valence-corrected chi connectivity index (χ4v) is 2.07. The molecule has 5 nitrogen and oxygen atoms in total. The summed E-state index contributed by atoms with van der Waals surface area (Å²) in [5, 5.41) is 8.43. The highest BCUT2D eigenvalue weighted by Gasteiger charge is 2.19. The molecule has 0 unspecified atom stereocenters. The average Bonchev–Trinajstić information content (AvgIpc) is 2.53. The number of hydrogen-bond acceptors (Lipinski definition) is 5. The molecule has 0 aliphatic carbocycles. The van der Waals surface area contributed by atoms with Crippen LogP contribution in [0.3, 0.4) is 0 Å². The molecule has 0 aromatic carbocycles. The van der Waals surface area contributed by atoms with Gasteiger partial charge in [0.1, 0.15) is 0 Å². The minimum Gasteiger partial charge on any atom is -0.421 e. The Balaban J connectivity index is -0.000000156. The number of ether oxygens (including phenoxy) is 1. The van der Waals surface area contributed by atoms with E-state index in [1.165, 1.54) is 0 Å². The molecule has 182 valence electrons. The van der Waals surface area contributed by atoms with E-state index in [0.29, 0.717) is 6.61 Å². The lowest BCUT2D eigenvalue weighted by Crippen LogP contribution is -2.28. The van der Waals surface area contributed by atoms with Gasteiger partial charge in [-0.25, -0.2) is 0 Å². The zero-order chi connectivity index (χ0) is 24.4. The van der Waals surface area contributed by atoms with Gasteiger partial charge < -0.3 is 23.1 Å². The van der Waals surface area contributed by atoms with E-state index in [9.17, 15) is 0 Å². The van der Waals surface area contributed by atoms with Gasteiger partial charge in [-0.1, -0.05) is 26.2 Å². The van der Waals surface area contributed by atoms with Gasteiger partial charge in [-0.2, -0.15) is 0 Å². The third-order valence-corrected chi connectivity index (χ3v) is 8.19. The topological polar surface area (TPSA) is 57.2 Å². The van der Waals surface area contributed by atoms with E-state index in [1.807, 2.05) is 0 Å². The van der Waals surface area contributed by atoms with E-state index in [-0.39, 0.29) is 6.61 Å². The van der Waals surface area contributed by atoms with E-state index in [0.717, 1.165) is 19.1 Å². The van der Waals surface area contributed by atoms with Crippen LogP contribution < -0.4 is 0 Å². The molecule has 0 bridgehead atoms. The zero-order valence-corrected chi connectivity index (χ0v) is 26.6. The Morgan fingerprint density at radius 1 is 0.586 bits per heavy atom. The smallest absolute Gasteiger partial charge is 0.186 e. The summed E-state index contributed by atoms with van der Waals surface area (Å²) in [6.45, 7) is 28.0. The van der Waals surface area contributed by atoms with Crippen LogP contribution in [0.5, 0.6) is 0 Å². The summed E-state index contributed by atoms with van der Waals surface area (Å²) in [7, 11) is 1.07. The first-order chi connectivity index (χ1) is 12.7. The van der Waals surface area contributed by atoms with Crippen LogP contribution in [0.2, 0.25) is 84.6 Å². The molecule has 0 amide bonds. The zero-order valence-electron chi connectivity index (χ0n) is 22.6. The van der Waals surface area contributed by atoms with Crippen molar-refractivity contribution in [2.24, 2.45) is 0 Å². The number of aliphatic hydroxyl groups excluding tert-OH is 1. The average molecular weight is 489 g/mol. The number of rotatable bonds is 9. The Morgan fingerprint density at radius 3 is 1.10 bits per heavy atom. The standard InChI is InChI=1S/C8H20O3Si.2C4H12OSi.C4H12Si/c1-10-12(2,3)8-4-6-11-7-5-9;2*1-5-6(2,3)4;1-5(2,3)4/h9H,4-8H2,1-3H3;2*1-4H3;1-4H3. The van der Waals surface area contributed by atoms with Crippen molar-refractivity contribution in [1.29, 1.82) is 0 Å². The van der Waals surface area contributed by atoms with E-state index < -0.39 is 33.0 Å². The summed E-state index contributed by atoms with van der Waals surface area (Å²) in [5.74, 6) is 0. The Labute approximate surface area is 188 Å². The lowest BCUT2D eigenvalue weighted by Gasteiger charge is -2.19. The van der Waals surface area contributed by atoms with Crippen LogP contribution in [0.25, 0.3) is 0 Å². The van der Waals surface area contributed by atoms with Crippen molar-refractivity contribution in [3.63, 3.8) is 0 Å². The highest BCUT2D eigenvalue weighted by molar-refractivity contribution is 6.74. The second-order valence-electron chi connectivity index (χ2n) is 11.0. The number of hydrogen-bond donors (Lipinski definition) is 1. The maximum absolute atomic E-state index is 8.43. The molecular weight excluding hydrogens is 433 g/mol. The molecule has 0 aliphatic rings. The first-order valence-electron chi connectivity index (χ1n) is 10.6. The van der Waals surface area contributed by atoms with Crippen molar-refractivity contribution in [2.75, 3.05) is 41.2 Å². The van der Waals surface area contributed by atoms with Gasteiger partial charge in [0, 0.05) is 36.0 Å². The van der Waals surface area contributed by atoms with Gasteiger partial charge >= 0.3 is 0 Å². The van der Waals surface area contributed by atoms with Gasteiger partial charge in [0.25, 0.3) is 0 Å². The van der Waals surface area contributed by atoms with Crippen LogP contribution in [0.1, 0.15) is 6.42 Å². The summed E-state index contributed by atoms with van der Waals surface area (Å²) < 4.78 is 20.7. The minimum absolute atomic E-state index is 0.116. The van der Waals surface area contributed by atoms with Crippen molar-refractivity contribution < 1.29 is 23.1 Å². The third-order valence-electron chi connectivity index (χ3n) is 3.08. The molecule has 0 spiro atoms. The quantitative estimate of drug-likeness (QED) is 0.312. The second kappa shape index (κ2) is 19.4. The van der Waals surface area contributed by atoms with E-state index in [2.05, 4.69) is 78.6 Å². The molecule has 0 aromatic heterocycles. The SMILES string of the molecule is CO[Si](C)(C)C.CO[Si](C)(C)C.CO[Si](C)(C)CCCOCCO.C[Si](C)(C)C. The van der Waals surface area contributed by atoms with Crippen LogP contribution in [0, 0.1) is 0 Å². The highest BCUT2D eigenvalue weighted by Crippen LogP contribution is 2.11. The van der Waals surface area contributed by atoms with E-state index >= 15 is 0 Å². The van der Waals surface area contributed by atoms with Crippen LogP contribution >= 0.6 is 0 Å². The van der Waals surface area contributed by atoms with Crippen molar-refractivity contribution >= 4 is 33.0 Å². The summed E-state index contributed by atoms with van der Waals surface area (Å²) in [4.78, 5) is 0. The molecule has 0 fully saturated rings. The predicted molar refractivity (Wildman–Crippen MR) is 142 cm³/mol. The molecule has 9 heteroatoms. The van der Waals surface area contributed by atoms with Gasteiger partial charge in [-0.05, 0) is 64.8 Å². The molecule has 0 rings (SSSR count). The molecule has 0 heterocycles. The van der Waals surface area contributed by atoms with Gasteiger partial charge in [0.2, 0.25) is 0 Å². The van der Waals surface area contributed by atoms with Crippen LogP contribution in [-0.4, -0.2) is 79.3 Å². The Morgan fingerprint density at radius 2 is 0.897 bits per heavy atom. The van der Waals surface area contributed by atoms with Crippen molar-refractivity contribution in [1.82, 2.24) is 0 Å². The van der Waals surface area contributed by atoms with E-state index in [1.54, 1.807) is 21.3 Å². The molecule has 0 aliphatic heterocycles. The van der Waals surface area contributed by atoms with Crippen molar-refractivity contribution in [3.05, 3.63) is 0 Å². The maximum Gasteiger partial charge on any atom is 0.186 e. The highest BCUT2D eigenvalue weighted by atomic mass is 28.4. The molecule has 0 saturated heterocycles. The lowest BCUT2D eigenvalue weighted by atomic mass is 10.5. The Hall–Kier alpha value is 0.668. The third kappa shape index (κ3) is 65.3. The lowest BCUT2D eigenvalue weighted by molar-refractivity contribution is 0.0922. The monoisotopic (exact) mass is 488 g/mol. The number of aliphatic hydroxyl groups is 1. The molecule has 0 saturated carbocycles. The molecular formula is C20H56O5Si4. The van der Waals surface area contributed by atoms with Crippen LogP contribution in [-0.2, 0) is 18.0 Å². The summed E-state index contributed by atoms with van der Waals surface area (Å²) >= 11 is 0. The fraction of sp³-hybridized carbons (Fsp3) is 1.00. The summed E-state index contributed by atoms with van der Waals surface area (Å²) in [6.07, 6.45) is 1.03. The van der Waals surface area contributed by atoms with Crippen LogP contribution in [0.4, 0.5) is 0 Å². The van der Waals surface area contributed by atoms with Crippen molar-refractivity contribution in [2.45, 2.75) is 91.0 Å². The summed E-state index contributed by atoms with van der Waals surface area (Å²) in [6, 6.07) is 1.12. The maximum atomic E-state index is 8.43.